The molecule has 0 saturated carbocycles. The molecular weight excluding hydrogens is 292 g/mol. The Morgan fingerprint density at radius 1 is 1.55 bits per heavy atom. The normalized spacial score (nSPS) is 8.45. The Kier molecular flexibility index (Phi) is 4.92. The van der Waals surface area contributed by atoms with Crippen LogP contribution in [0.2, 0.25) is 5.15 Å². The number of aromatic nitrogens is 1. The molecule has 0 atom stereocenters. The third kappa shape index (κ3) is 3.34. The van der Waals surface area contributed by atoms with Gasteiger partial charge >= 0.3 is 5.97 Å². The number of nitrogens with zero attached hydrogens (tertiary/aromatic N) is 1. The number of hydrogen-bond donors (Lipinski definition) is 1. The van der Waals surface area contributed by atoms with E-state index in [0.717, 1.165) is 0 Å². The van der Waals surface area contributed by atoms with Gasteiger partial charge in [-0.15, -0.1) is 0 Å². The summed E-state index contributed by atoms with van der Waals surface area (Å²) in [5.41, 5.74) is -0.0347. The minimum absolute atomic E-state index is 0. The minimum atomic E-state index is -1.07. The van der Waals surface area contributed by atoms with Crippen LogP contribution >= 0.6 is 11.6 Å². The molecule has 0 bridgehead atoms. The van der Waals surface area contributed by atoms with Gasteiger partial charge in [0.1, 0.15) is 10.8 Å². The van der Waals surface area contributed by atoms with Crippen molar-refractivity contribution >= 4 is 17.6 Å². The van der Waals surface area contributed by atoms with E-state index < -0.39 is 5.97 Å². The number of hydrogen-bond acceptors (Lipinski definition) is 2. The van der Waals surface area contributed by atoms with Crippen LogP contribution in [0.1, 0.15) is 10.5 Å². The zero-order chi connectivity index (χ0) is 7.56. The van der Waals surface area contributed by atoms with Crippen molar-refractivity contribution in [2.24, 2.45) is 0 Å². The Labute approximate surface area is 96.4 Å². The van der Waals surface area contributed by atoms with E-state index in [1.807, 2.05) is 0 Å². The second-order valence-corrected chi connectivity index (χ2v) is 2.04. The van der Waals surface area contributed by atoms with Gasteiger partial charge < -0.3 is 5.11 Å². The number of carboxylic acid groups (broad SMARTS) is 1. The van der Waals surface area contributed by atoms with Crippen LogP contribution in [0.25, 0.3) is 0 Å². The zero-order valence-corrected chi connectivity index (χ0v) is 9.87. The van der Waals surface area contributed by atoms with E-state index >= 15 is 0 Å². The molecule has 1 aromatic heterocycles. The molecule has 0 unspecified atom stereocenters. The second kappa shape index (κ2) is 4.88. The first-order valence-electron chi connectivity index (χ1n) is 2.56. The van der Waals surface area contributed by atoms with Gasteiger partial charge in [-0.05, 0) is 12.1 Å². The molecule has 1 aromatic rings. The molecule has 11 heavy (non-hydrogen) atoms. The summed E-state index contributed by atoms with van der Waals surface area (Å²) in [5, 5.41) is 8.58. The number of rotatable bonds is 1. The fourth-order valence-electron chi connectivity index (χ4n) is 0.527. The van der Waals surface area contributed by atoms with Crippen LogP contribution < -0.4 is 0 Å². The summed E-state index contributed by atoms with van der Waals surface area (Å²) in [6.07, 6.45) is 0. The van der Waals surface area contributed by atoms with Gasteiger partial charge in [0.2, 0.25) is 0 Å². The Bertz CT molecular complexity index is 267. The van der Waals surface area contributed by atoms with E-state index in [-0.39, 0.29) is 46.4 Å². The van der Waals surface area contributed by atoms with Crippen molar-refractivity contribution < 1.29 is 45.5 Å². The average Bonchev–Trinajstić information content (AvgIpc) is 1.88. The van der Waals surface area contributed by atoms with E-state index in [2.05, 4.69) is 4.98 Å². The Balaban J connectivity index is 0.000001000. The maximum Gasteiger partial charge on any atom is 0.354 e. The summed E-state index contributed by atoms with van der Waals surface area (Å²) < 4.78 is 0. The summed E-state index contributed by atoms with van der Waals surface area (Å²) in [5.74, 6) is -1.07. The van der Waals surface area contributed by atoms with E-state index in [9.17, 15) is 4.79 Å². The molecular formula is C6H4ClLaNO2. The molecule has 0 spiro atoms. The summed E-state index contributed by atoms with van der Waals surface area (Å²) in [6.45, 7) is 0. The topological polar surface area (TPSA) is 50.2 Å². The number of carboxylic acids is 1. The monoisotopic (exact) mass is 296 g/mol. The molecule has 5 heteroatoms. The molecule has 1 radical (unpaired) electrons. The molecule has 3 nitrogen and oxygen atoms in total. The molecule has 1 N–H and O–H groups in total. The fourth-order valence-corrected chi connectivity index (χ4v) is 0.691. The largest absolute Gasteiger partial charge is 0.477 e. The quantitative estimate of drug-likeness (QED) is 0.798. The maximum absolute atomic E-state index is 10.2. The Hall–Kier alpha value is 0.105. The first-order chi connectivity index (χ1) is 4.70. The van der Waals surface area contributed by atoms with Crippen LogP contribution in [0.3, 0.4) is 0 Å². The van der Waals surface area contributed by atoms with E-state index in [4.69, 9.17) is 16.7 Å². The first-order valence-corrected chi connectivity index (χ1v) is 2.94. The molecule has 55 valence electrons. The molecule has 1 rings (SSSR count). The third-order valence-corrected chi connectivity index (χ3v) is 1.14. The van der Waals surface area contributed by atoms with Crippen LogP contribution in [0.15, 0.2) is 18.2 Å². The van der Waals surface area contributed by atoms with Gasteiger partial charge in [-0.1, -0.05) is 17.7 Å². The molecule has 0 amide bonds. The Morgan fingerprint density at radius 3 is 2.55 bits per heavy atom. The summed E-state index contributed by atoms with van der Waals surface area (Å²) in [6, 6.07) is 4.45. The molecule has 0 aromatic carbocycles. The van der Waals surface area contributed by atoms with Crippen molar-refractivity contribution in [3.63, 3.8) is 0 Å². The van der Waals surface area contributed by atoms with Crippen molar-refractivity contribution in [1.82, 2.24) is 4.98 Å². The van der Waals surface area contributed by atoms with Crippen molar-refractivity contribution in [2.45, 2.75) is 0 Å². The van der Waals surface area contributed by atoms with E-state index in [0.29, 0.717) is 0 Å². The number of halogens is 1. The van der Waals surface area contributed by atoms with Gasteiger partial charge in [0.15, 0.2) is 0 Å². The van der Waals surface area contributed by atoms with Crippen LogP contribution in [0, 0.1) is 35.6 Å². The van der Waals surface area contributed by atoms with Crippen molar-refractivity contribution in [3.05, 3.63) is 29.0 Å². The van der Waals surface area contributed by atoms with E-state index in [1.165, 1.54) is 12.1 Å². The number of aromatic carboxylic acids is 1. The smallest absolute Gasteiger partial charge is 0.354 e. The molecule has 0 aliphatic heterocycles. The maximum atomic E-state index is 10.2. The van der Waals surface area contributed by atoms with Gasteiger partial charge in [-0.25, -0.2) is 9.78 Å². The number of carbonyl (C=O) groups is 1. The summed E-state index contributed by atoms with van der Waals surface area (Å²) in [4.78, 5) is 13.8. The third-order valence-electron chi connectivity index (χ3n) is 0.934. The molecule has 0 aliphatic carbocycles. The van der Waals surface area contributed by atoms with Crippen molar-refractivity contribution in [3.8, 4) is 0 Å². The van der Waals surface area contributed by atoms with Gasteiger partial charge in [0, 0.05) is 35.6 Å². The first kappa shape index (κ1) is 11.1. The zero-order valence-electron chi connectivity index (χ0n) is 5.49. The van der Waals surface area contributed by atoms with Crippen molar-refractivity contribution in [2.75, 3.05) is 0 Å². The van der Waals surface area contributed by atoms with Crippen molar-refractivity contribution in [1.29, 1.82) is 0 Å². The van der Waals surface area contributed by atoms with Crippen LogP contribution in [0.4, 0.5) is 0 Å². The molecule has 0 aliphatic rings. The Morgan fingerprint density at radius 2 is 2.18 bits per heavy atom. The van der Waals surface area contributed by atoms with Gasteiger partial charge in [0.05, 0.1) is 0 Å². The van der Waals surface area contributed by atoms with Gasteiger partial charge in [-0.2, -0.15) is 0 Å². The van der Waals surface area contributed by atoms with Crippen LogP contribution in [0.5, 0.6) is 0 Å². The molecule has 1 heterocycles. The van der Waals surface area contributed by atoms with Gasteiger partial charge in [-0.3, -0.25) is 0 Å². The SMILES string of the molecule is O=C(O)c1cccc(Cl)n1.[La]. The standard InChI is InChI=1S/C6H4ClNO2.La/c7-5-3-1-2-4(8-5)6(9)10;/h1-3H,(H,9,10);. The predicted octanol–water partition coefficient (Wildman–Crippen LogP) is 1.43. The minimum Gasteiger partial charge on any atom is -0.477 e. The van der Waals surface area contributed by atoms with Gasteiger partial charge in [0.25, 0.3) is 0 Å². The summed E-state index contributed by atoms with van der Waals surface area (Å²) >= 11 is 5.41. The number of pyridine rings is 1. The summed E-state index contributed by atoms with van der Waals surface area (Å²) in [7, 11) is 0. The average molecular weight is 296 g/mol. The molecule has 0 fully saturated rings. The van der Waals surface area contributed by atoms with E-state index in [1.54, 1.807) is 6.07 Å². The van der Waals surface area contributed by atoms with Crippen LogP contribution in [-0.2, 0) is 0 Å². The second-order valence-electron chi connectivity index (χ2n) is 1.65. The molecule has 0 saturated heterocycles. The predicted molar refractivity (Wildman–Crippen MR) is 36.2 cm³/mol. The fraction of sp³-hybridized carbons (Fsp3) is 0. The van der Waals surface area contributed by atoms with Crippen LogP contribution in [-0.4, -0.2) is 16.1 Å².